The number of halogens is 3. The molecule has 9 heteroatoms. The molecule has 0 atom stereocenters. The molecule has 0 aliphatic carbocycles. The Bertz CT molecular complexity index is 368. The first-order chi connectivity index (χ1) is 9.73. The fraction of sp³-hybridized carbons (Fsp3) is 0.833. The van der Waals surface area contributed by atoms with E-state index in [1.807, 2.05) is 0 Å². The number of carbonyl (C=O) groups excluding carboxylic acids is 2. The first-order valence-corrected chi connectivity index (χ1v) is 6.52. The van der Waals surface area contributed by atoms with Gasteiger partial charge in [0.15, 0.2) is 0 Å². The third-order valence-corrected chi connectivity index (χ3v) is 3.19. The third kappa shape index (κ3) is 6.30. The predicted molar refractivity (Wildman–Crippen MR) is 68.6 cm³/mol. The molecule has 0 unspecified atom stereocenters. The van der Waals surface area contributed by atoms with Crippen molar-refractivity contribution in [1.82, 2.24) is 14.7 Å². The summed E-state index contributed by atoms with van der Waals surface area (Å²) in [5.41, 5.74) is 0. The second-order valence-electron chi connectivity index (χ2n) is 4.95. The Morgan fingerprint density at radius 3 is 2.24 bits per heavy atom. The van der Waals surface area contributed by atoms with Gasteiger partial charge in [0.2, 0.25) is 11.8 Å². The van der Waals surface area contributed by atoms with Crippen molar-refractivity contribution in [3.05, 3.63) is 0 Å². The van der Waals surface area contributed by atoms with Crippen LogP contribution in [-0.4, -0.2) is 92.7 Å². The topological polar surface area (TPSA) is 53.1 Å². The molecule has 0 aromatic carbocycles. The van der Waals surface area contributed by atoms with Gasteiger partial charge in [-0.15, -0.1) is 0 Å². The SMILES string of the molecule is COCC(=O)N1CCN(CC(=O)N(C)CC(F)(F)F)CC1. The van der Waals surface area contributed by atoms with Crippen LogP contribution >= 0.6 is 0 Å². The number of nitrogens with zero attached hydrogens (tertiary/aromatic N) is 3. The average molecular weight is 311 g/mol. The number of methoxy groups -OCH3 is 1. The van der Waals surface area contributed by atoms with Gasteiger partial charge in [-0.1, -0.05) is 0 Å². The van der Waals surface area contributed by atoms with E-state index in [0.29, 0.717) is 31.1 Å². The number of amides is 2. The van der Waals surface area contributed by atoms with Crippen molar-refractivity contribution < 1.29 is 27.5 Å². The average Bonchev–Trinajstić information content (AvgIpc) is 2.37. The highest BCUT2D eigenvalue weighted by molar-refractivity contribution is 5.78. The summed E-state index contributed by atoms with van der Waals surface area (Å²) in [5, 5.41) is 0. The van der Waals surface area contributed by atoms with Gasteiger partial charge in [-0.2, -0.15) is 13.2 Å². The van der Waals surface area contributed by atoms with Crippen molar-refractivity contribution in [3.63, 3.8) is 0 Å². The van der Waals surface area contributed by atoms with E-state index in [2.05, 4.69) is 0 Å². The number of hydrogen-bond acceptors (Lipinski definition) is 4. The van der Waals surface area contributed by atoms with E-state index in [1.165, 1.54) is 7.11 Å². The Morgan fingerprint density at radius 1 is 1.19 bits per heavy atom. The number of hydrogen-bond donors (Lipinski definition) is 0. The van der Waals surface area contributed by atoms with Crippen LogP contribution in [0.4, 0.5) is 13.2 Å². The highest BCUT2D eigenvalue weighted by Crippen LogP contribution is 2.15. The summed E-state index contributed by atoms with van der Waals surface area (Å²) < 4.78 is 41.3. The molecule has 0 bridgehead atoms. The maximum Gasteiger partial charge on any atom is 0.406 e. The largest absolute Gasteiger partial charge is 0.406 e. The van der Waals surface area contributed by atoms with Gasteiger partial charge >= 0.3 is 6.18 Å². The molecule has 21 heavy (non-hydrogen) atoms. The highest BCUT2D eigenvalue weighted by atomic mass is 19.4. The van der Waals surface area contributed by atoms with E-state index in [-0.39, 0.29) is 19.1 Å². The normalized spacial score (nSPS) is 16.9. The van der Waals surface area contributed by atoms with E-state index in [0.717, 1.165) is 7.05 Å². The maximum atomic E-state index is 12.2. The van der Waals surface area contributed by atoms with Crippen molar-refractivity contribution in [2.75, 3.05) is 60.0 Å². The molecule has 1 aliphatic rings. The molecule has 0 aromatic heterocycles. The third-order valence-electron chi connectivity index (χ3n) is 3.19. The van der Waals surface area contributed by atoms with E-state index < -0.39 is 18.6 Å². The lowest BCUT2D eigenvalue weighted by atomic mass is 10.3. The monoisotopic (exact) mass is 311 g/mol. The van der Waals surface area contributed by atoms with Crippen molar-refractivity contribution in [1.29, 1.82) is 0 Å². The van der Waals surface area contributed by atoms with Crippen LogP contribution in [0.5, 0.6) is 0 Å². The van der Waals surface area contributed by atoms with Crippen LogP contribution < -0.4 is 0 Å². The van der Waals surface area contributed by atoms with Gasteiger partial charge in [-0.3, -0.25) is 14.5 Å². The lowest BCUT2D eigenvalue weighted by Crippen LogP contribution is -2.52. The summed E-state index contributed by atoms with van der Waals surface area (Å²) >= 11 is 0. The summed E-state index contributed by atoms with van der Waals surface area (Å²) in [6, 6.07) is 0. The molecule has 0 spiro atoms. The smallest absolute Gasteiger partial charge is 0.375 e. The number of alkyl halides is 3. The van der Waals surface area contributed by atoms with Gasteiger partial charge in [0.05, 0.1) is 6.54 Å². The van der Waals surface area contributed by atoms with Crippen molar-refractivity contribution >= 4 is 11.8 Å². The molecule has 1 aliphatic heterocycles. The Balaban J connectivity index is 2.35. The summed E-state index contributed by atoms with van der Waals surface area (Å²) in [7, 11) is 2.57. The number of rotatable bonds is 5. The quantitative estimate of drug-likeness (QED) is 0.705. The molecular formula is C12H20F3N3O3. The van der Waals surface area contributed by atoms with Crippen LogP contribution in [0.1, 0.15) is 0 Å². The zero-order chi connectivity index (χ0) is 16.0. The molecule has 0 N–H and O–H groups in total. The molecule has 6 nitrogen and oxygen atoms in total. The van der Waals surface area contributed by atoms with E-state index in [4.69, 9.17) is 4.74 Å². The number of likely N-dealkylation sites (N-methyl/N-ethyl adjacent to an activating group) is 1. The summed E-state index contributed by atoms with van der Waals surface area (Å²) in [5.74, 6) is -0.707. The molecule has 0 aromatic rings. The van der Waals surface area contributed by atoms with Crippen LogP contribution in [0.2, 0.25) is 0 Å². The van der Waals surface area contributed by atoms with Crippen LogP contribution in [-0.2, 0) is 14.3 Å². The molecular weight excluding hydrogens is 291 g/mol. The number of ether oxygens (including phenoxy) is 1. The fourth-order valence-electron chi connectivity index (χ4n) is 2.04. The van der Waals surface area contributed by atoms with Crippen LogP contribution in [0.15, 0.2) is 0 Å². The van der Waals surface area contributed by atoms with Gasteiger partial charge in [0.25, 0.3) is 0 Å². The predicted octanol–water partition coefficient (Wildman–Crippen LogP) is -0.202. The molecule has 122 valence electrons. The summed E-state index contributed by atoms with van der Waals surface area (Å²) in [4.78, 5) is 27.3. The van der Waals surface area contributed by atoms with Crippen molar-refractivity contribution in [2.45, 2.75) is 6.18 Å². The van der Waals surface area contributed by atoms with Crippen LogP contribution in [0, 0.1) is 0 Å². The van der Waals surface area contributed by atoms with Crippen LogP contribution in [0.25, 0.3) is 0 Å². The molecule has 0 radical (unpaired) electrons. The van der Waals surface area contributed by atoms with Gasteiger partial charge in [0, 0.05) is 40.3 Å². The second-order valence-corrected chi connectivity index (χ2v) is 4.95. The molecule has 1 saturated heterocycles. The summed E-state index contributed by atoms with van der Waals surface area (Å²) in [6.45, 7) is 0.489. The molecule has 1 rings (SSSR count). The first kappa shape index (κ1) is 17.7. The molecule has 1 heterocycles. The summed E-state index contributed by atoms with van der Waals surface area (Å²) in [6.07, 6.45) is -4.39. The molecule has 1 fully saturated rings. The van der Waals surface area contributed by atoms with Crippen molar-refractivity contribution in [3.8, 4) is 0 Å². The van der Waals surface area contributed by atoms with Gasteiger partial charge in [-0.25, -0.2) is 0 Å². The number of piperazine rings is 1. The fourth-order valence-corrected chi connectivity index (χ4v) is 2.04. The van der Waals surface area contributed by atoms with Gasteiger partial charge in [-0.05, 0) is 0 Å². The van der Waals surface area contributed by atoms with Gasteiger partial charge < -0.3 is 14.5 Å². The molecule has 2 amide bonds. The molecule has 0 saturated carbocycles. The van der Waals surface area contributed by atoms with E-state index >= 15 is 0 Å². The van der Waals surface area contributed by atoms with E-state index in [1.54, 1.807) is 9.80 Å². The zero-order valence-electron chi connectivity index (χ0n) is 12.2. The second kappa shape index (κ2) is 7.60. The van der Waals surface area contributed by atoms with E-state index in [9.17, 15) is 22.8 Å². The minimum Gasteiger partial charge on any atom is -0.375 e. The zero-order valence-corrected chi connectivity index (χ0v) is 12.2. The lowest BCUT2D eigenvalue weighted by Gasteiger charge is -2.35. The Kier molecular flexibility index (Phi) is 6.41. The minimum atomic E-state index is -4.39. The van der Waals surface area contributed by atoms with Crippen molar-refractivity contribution in [2.24, 2.45) is 0 Å². The Hall–Kier alpha value is -1.35. The maximum absolute atomic E-state index is 12.2. The Morgan fingerprint density at radius 2 is 1.76 bits per heavy atom. The minimum absolute atomic E-state index is 0.00719. The Labute approximate surface area is 121 Å². The number of carbonyl (C=O) groups is 2. The first-order valence-electron chi connectivity index (χ1n) is 6.52. The van der Waals surface area contributed by atoms with Crippen LogP contribution in [0.3, 0.4) is 0 Å². The highest BCUT2D eigenvalue weighted by Gasteiger charge is 2.32. The standard InChI is InChI=1S/C12H20F3N3O3/c1-16(9-12(13,14)15)10(19)7-17-3-5-18(6-4-17)11(20)8-21-2/h3-9H2,1-2H3. The lowest BCUT2D eigenvalue weighted by molar-refractivity contribution is -0.159. The van der Waals surface area contributed by atoms with Gasteiger partial charge in [0.1, 0.15) is 13.2 Å².